The lowest BCUT2D eigenvalue weighted by molar-refractivity contribution is 0.665. The second-order valence-electron chi connectivity index (χ2n) is 3.67. The van der Waals surface area contributed by atoms with E-state index in [0.29, 0.717) is 5.92 Å². The molecule has 0 heterocycles. The molecule has 1 aromatic carbocycles. The molecule has 1 aromatic rings. The van der Waals surface area contributed by atoms with Crippen molar-refractivity contribution in [3.05, 3.63) is 47.5 Å². The highest BCUT2D eigenvalue weighted by Gasteiger charge is 2.22. The average molecular weight is 237 g/mol. The highest BCUT2D eigenvalue weighted by atomic mass is 79.9. The largest absolute Gasteiger partial charge is 0.0987 e. The van der Waals surface area contributed by atoms with E-state index in [2.05, 4.69) is 46.8 Å². The molecule has 0 aromatic heterocycles. The molecule has 0 spiro atoms. The summed E-state index contributed by atoms with van der Waals surface area (Å²) < 4.78 is 0. The molecular formula is C12H13Br. The van der Waals surface area contributed by atoms with E-state index in [1.54, 1.807) is 0 Å². The van der Waals surface area contributed by atoms with Crippen LogP contribution in [0, 0.1) is 5.92 Å². The van der Waals surface area contributed by atoms with Crippen LogP contribution in [0.3, 0.4) is 0 Å². The van der Waals surface area contributed by atoms with Crippen molar-refractivity contribution in [3.63, 3.8) is 0 Å². The predicted molar refractivity (Wildman–Crippen MR) is 60.3 cm³/mol. The van der Waals surface area contributed by atoms with Gasteiger partial charge in [-0.05, 0) is 29.9 Å². The molecular weight excluding hydrogens is 224 g/mol. The third kappa shape index (κ3) is 1.71. The molecule has 0 fully saturated rings. The first-order valence-corrected chi connectivity index (χ1v) is 5.74. The SMILES string of the molecule is C=C(CBr)C1Cc2ccccc2C1. The molecule has 0 saturated heterocycles. The van der Waals surface area contributed by atoms with Crippen LogP contribution in [0.15, 0.2) is 36.4 Å². The summed E-state index contributed by atoms with van der Waals surface area (Å²) in [6, 6.07) is 8.71. The molecule has 68 valence electrons. The Bertz CT molecular complexity index is 303. The van der Waals surface area contributed by atoms with Crippen LogP contribution < -0.4 is 0 Å². The van der Waals surface area contributed by atoms with Gasteiger partial charge in [-0.25, -0.2) is 0 Å². The number of benzene rings is 1. The summed E-state index contributed by atoms with van der Waals surface area (Å²) in [6.45, 7) is 4.09. The van der Waals surface area contributed by atoms with E-state index < -0.39 is 0 Å². The van der Waals surface area contributed by atoms with Gasteiger partial charge < -0.3 is 0 Å². The van der Waals surface area contributed by atoms with Crippen LogP contribution in [0.1, 0.15) is 11.1 Å². The summed E-state index contributed by atoms with van der Waals surface area (Å²) in [4.78, 5) is 0. The quantitative estimate of drug-likeness (QED) is 0.546. The highest BCUT2D eigenvalue weighted by Crippen LogP contribution is 2.30. The van der Waals surface area contributed by atoms with Crippen LogP contribution in [-0.2, 0) is 12.8 Å². The highest BCUT2D eigenvalue weighted by molar-refractivity contribution is 9.09. The van der Waals surface area contributed by atoms with E-state index >= 15 is 0 Å². The maximum atomic E-state index is 4.09. The number of rotatable bonds is 2. The van der Waals surface area contributed by atoms with Gasteiger partial charge in [-0.15, -0.1) is 0 Å². The standard InChI is InChI=1S/C12H13Br/c1-9(8-13)12-6-10-4-2-3-5-11(10)7-12/h2-5,12H,1,6-8H2. The van der Waals surface area contributed by atoms with Gasteiger partial charge in [-0.1, -0.05) is 52.3 Å². The van der Waals surface area contributed by atoms with E-state index in [9.17, 15) is 0 Å². The second kappa shape index (κ2) is 3.67. The zero-order chi connectivity index (χ0) is 9.26. The van der Waals surface area contributed by atoms with Crippen molar-refractivity contribution >= 4 is 15.9 Å². The Morgan fingerprint density at radius 2 is 1.85 bits per heavy atom. The van der Waals surface area contributed by atoms with Crippen molar-refractivity contribution in [2.75, 3.05) is 5.33 Å². The van der Waals surface area contributed by atoms with Gasteiger partial charge in [-0.2, -0.15) is 0 Å². The number of fused-ring (bicyclic) bond motifs is 1. The molecule has 1 heteroatoms. The molecule has 1 aliphatic rings. The summed E-state index contributed by atoms with van der Waals surface area (Å²) in [7, 11) is 0. The minimum Gasteiger partial charge on any atom is -0.0987 e. The van der Waals surface area contributed by atoms with Crippen LogP contribution in [-0.4, -0.2) is 5.33 Å². The van der Waals surface area contributed by atoms with Crippen LogP contribution in [0.5, 0.6) is 0 Å². The molecule has 0 unspecified atom stereocenters. The van der Waals surface area contributed by atoms with Crippen LogP contribution in [0.25, 0.3) is 0 Å². The Morgan fingerprint density at radius 1 is 1.31 bits per heavy atom. The minimum absolute atomic E-state index is 0.664. The Kier molecular flexibility index (Phi) is 2.54. The van der Waals surface area contributed by atoms with Crippen LogP contribution in [0.4, 0.5) is 0 Å². The molecule has 0 N–H and O–H groups in total. The van der Waals surface area contributed by atoms with E-state index in [1.165, 1.54) is 29.5 Å². The first-order chi connectivity index (χ1) is 6.31. The lowest BCUT2D eigenvalue weighted by atomic mass is 9.99. The number of halogens is 1. The summed E-state index contributed by atoms with van der Waals surface area (Å²) in [5.74, 6) is 0.664. The second-order valence-corrected chi connectivity index (χ2v) is 4.23. The fourth-order valence-electron chi connectivity index (χ4n) is 1.96. The first-order valence-electron chi connectivity index (χ1n) is 4.61. The molecule has 0 bridgehead atoms. The van der Waals surface area contributed by atoms with Crippen LogP contribution >= 0.6 is 15.9 Å². The van der Waals surface area contributed by atoms with Gasteiger partial charge in [0.2, 0.25) is 0 Å². The Balaban J connectivity index is 2.18. The van der Waals surface area contributed by atoms with Gasteiger partial charge in [0, 0.05) is 5.33 Å². The van der Waals surface area contributed by atoms with Gasteiger partial charge in [0.15, 0.2) is 0 Å². The lowest BCUT2D eigenvalue weighted by Crippen LogP contribution is -2.03. The zero-order valence-corrected chi connectivity index (χ0v) is 9.18. The molecule has 0 amide bonds. The van der Waals surface area contributed by atoms with Gasteiger partial charge >= 0.3 is 0 Å². The van der Waals surface area contributed by atoms with E-state index in [1.807, 2.05) is 0 Å². The molecule has 2 rings (SSSR count). The summed E-state index contributed by atoms with van der Waals surface area (Å²) in [5, 5.41) is 0.936. The zero-order valence-electron chi connectivity index (χ0n) is 7.59. The predicted octanol–water partition coefficient (Wildman–Crippen LogP) is 3.35. The van der Waals surface area contributed by atoms with Crippen molar-refractivity contribution in [2.45, 2.75) is 12.8 Å². The molecule has 0 nitrogen and oxygen atoms in total. The maximum Gasteiger partial charge on any atom is 0.0242 e. The normalized spacial score (nSPS) is 15.8. The first kappa shape index (κ1) is 9.01. The van der Waals surface area contributed by atoms with Crippen molar-refractivity contribution in [2.24, 2.45) is 5.92 Å². The maximum absolute atomic E-state index is 4.09. The lowest BCUT2D eigenvalue weighted by Gasteiger charge is -2.08. The topological polar surface area (TPSA) is 0 Å². The van der Waals surface area contributed by atoms with Crippen LogP contribution in [0.2, 0.25) is 0 Å². The van der Waals surface area contributed by atoms with E-state index in [-0.39, 0.29) is 0 Å². The number of hydrogen-bond donors (Lipinski definition) is 0. The fourth-order valence-corrected chi connectivity index (χ4v) is 2.41. The number of hydrogen-bond acceptors (Lipinski definition) is 0. The Hall–Kier alpha value is -0.560. The molecule has 0 radical (unpaired) electrons. The van der Waals surface area contributed by atoms with Crippen molar-refractivity contribution < 1.29 is 0 Å². The summed E-state index contributed by atoms with van der Waals surface area (Å²) in [5.41, 5.74) is 4.35. The molecule has 0 atom stereocenters. The van der Waals surface area contributed by atoms with Crippen molar-refractivity contribution in [3.8, 4) is 0 Å². The van der Waals surface area contributed by atoms with Gasteiger partial charge in [0.05, 0.1) is 0 Å². The van der Waals surface area contributed by atoms with E-state index in [4.69, 9.17) is 0 Å². The molecule has 0 saturated carbocycles. The third-order valence-corrected chi connectivity index (χ3v) is 3.52. The molecule has 1 aliphatic carbocycles. The average Bonchev–Trinajstić information content (AvgIpc) is 2.59. The van der Waals surface area contributed by atoms with Crippen molar-refractivity contribution in [1.82, 2.24) is 0 Å². The van der Waals surface area contributed by atoms with Gasteiger partial charge in [0.1, 0.15) is 0 Å². The third-order valence-electron chi connectivity index (χ3n) is 2.80. The number of alkyl halides is 1. The molecule has 13 heavy (non-hydrogen) atoms. The monoisotopic (exact) mass is 236 g/mol. The summed E-state index contributed by atoms with van der Waals surface area (Å²) >= 11 is 3.47. The Morgan fingerprint density at radius 3 is 2.31 bits per heavy atom. The summed E-state index contributed by atoms with van der Waals surface area (Å²) in [6.07, 6.45) is 2.36. The minimum atomic E-state index is 0.664. The van der Waals surface area contributed by atoms with Gasteiger partial charge in [0.25, 0.3) is 0 Å². The number of allylic oxidation sites excluding steroid dienone is 1. The van der Waals surface area contributed by atoms with Gasteiger partial charge in [-0.3, -0.25) is 0 Å². The smallest absolute Gasteiger partial charge is 0.0242 e. The van der Waals surface area contributed by atoms with E-state index in [0.717, 1.165) is 5.33 Å². The molecule has 0 aliphatic heterocycles. The Labute approximate surface area is 87.8 Å². The van der Waals surface area contributed by atoms with Crippen molar-refractivity contribution in [1.29, 1.82) is 0 Å². The fraction of sp³-hybridized carbons (Fsp3) is 0.333.